The molecular weight excluding hydrogens is 268 g/mol. The molecule has 0 amide bonds. The number of benzene rings is 1. The summed E-state index contributed by atoms with van der Waals surface area (Å²) in [5, 5.41) is 13.8. The molecule has 0 fully saturated rings. The summed E-state index contributed by atoms with van der Waals surface area (Å²) in [6, 6.07) is 5.84. The Kier molecular flexibility index (Phi) is 4.20. The van der Waals surface area contributed by atoms with Crippen LogP contribution in [0.3, 0.4) is 0 Å². The van der Waals surface area contributed by atoms with E-state index < -0.39 is 0 Å². The van der Waals surface area contributed by atoms with Crippen molar-refractivity contribution < 1.29 is 14.4 Å². The van der Waals surface area contributed by atoms with Gasteiger partial charge in [-0.15, -0.1) is 0 Å². The molecule has 1 aliphatic carbocycles. The molecule has 5 heteroatoms. The van der Waals surface area contributed by atoms with Gasteiger partial charge in [-0.3, -0.25) is 0 Å². The van der Waals surface area contributed by atoms with Gasteiger partial charge >= 0.3 is 0 Å². The first-order valence-corrected chi connectivity index (χ1v) is 7.51. The second kappa shape index (κ2) is 6.26. The van der Waals surface area contributed by atoms with Crippen LogP contribution in [0.4, 0.5) is 0 Å². The van der Waals surface area contributed by atoms with Crippen molar-refractivity contribution in [2.45, 2.75) is 51.7 Å². The Bertz CT molecular complexity index is 609. The van der Waals surface area contributed by atoms with Crippen molar-refractivity contribution in [3.8, 4) is 5.75 Å². The number of ether oxygens (including phenoxy) is 1. The van der Waals surface area contributed by atoms with Gasteiger partial charge in [-0.25, -0.2) is 0 Å². The molecule has 3 rings (SSSR count). The maximum absolute atomic E-state index is 9.94. The van der Waals surface area contributed by atoms with Crippen LogP contribution >= 0.6 is 0 Å². The normalized spacial score (nSPS) is 17.5. The van der Waals surface area contributed by atoms with Crippen molar-refractivity contribution in [2.75, 3.05) is 0 Å². The minimum Gasteiger partial charge on any atom is -0.484 e. The lowest BCUT2D eigenvalue weighted by molar-refractivity contribution is 0.156. The fraction of sp³-hybridized carbons (Fsp3) is 0.500. The molecular formula is C16H20N2O3. The number of aryl methyl sites for hydroxylation is 2. The lowest BCUT2D eigenvalue weighted by atomic mass is 9.89. The molecule has 0 saturated carbocycles. The molecule has 0 bridgehead atoms. The molecule has 1 aliphatic rings. The summed E-state index contributed by atoms with van der Waals surface area (Å²) < 4.78 is 10.8. The quantitative estimate of drug-likeness (QED) is 0.916. The van der Waals surface area contributed by atoms with Crippen molar-refractivity contribution >= 4 is 0 Å². The third-order valence-electron chi connectivity index (χ3n) is 3.74. The zero-order valence-corrected chi connectivity index (χ0v) is 12.2. The van der Waals surface area contributed by atoms with Crippen LogP contribution in [0.1, 0.15) is 55.1 Å². The lowest BCUT2D eigenvalue weighted by Crippen LogP contribution is -2.09. The van der Waals surface area contributed by atoms with Crippen LogP contribution in [0.25, 0.3) is 0 Å². The van der Waals surface area contributed by atoms with Gasteiger partial charge in [0.25, 0.3) is 5.89 Å². The number of fused-ring (bicyclic) bond motifs is 1. The monoisotopic (exact) mass is 288 g/mol. The molecule has 0 saturated heterocycles. The van der Waals surface area contributed by atoms with E-state index in [4.69, 9.17) is 9.26 Å². The average molecular weight is 288 g/mol. The first-order valence-electron chi connectivity index (χ1n) is 7.51. The molecule has 1 unspecified atom stereocenters. The highest BCUT2D eigenvalue weighted by molar-refractivity contribution is 5.38. The molecule has 0 aliphatic heterocycles. The van der Waals surface area contributed by atoms with E-state index in [1.165, 1.54) is 5.56 Å². The van der Waals surface area contributed by atoms with Crippen LogP contribution in [0.2, 0.25) is 0 Å². The van der Waals surface area contributed by atoms with Crippen molar-refractivity contribution in [1.82, 2.24) is 10.1 Å². The molecule has 2 aromatic rings. The zero-order valence-electron chi connectivity index (χ0n) is 12.2. The Morgan fingerprint density at radius 3 is 3.19 bits per heavy atom. The fourth-order valence-corrected chi connectivity index (χ4v) is 2.67. The van der Waals surface area contributed by atoms with Crippen molar-refractivity contribution in [3.63, 3.8) is 0 Å². The molecule has 5 nitrogen and oxygen atoms in total. The molecule has 1 heterocycles. The molecule has 1 atom stereocenters. The minimum atomic E-state index is -0.338. The highest BCUT2D eigenvalue weighted by Crippen LogP contribution is 2.32. The van der Waals surface area contributed by atoms with Gasteiger partial charge in [0.15, 0.2) is 12.4 Å². The van der Waals surface area contributed by atoms with Gasteiger partial charge in [-0.1, -0.05) is 18.1 Å². The Morgan fingerprint density at radius 1 is 1.43 bits per heavy atom. The van der Waals surface area contributed by atoms with Crippen LogP contribution < -0.4 is 4.74 Å². The topological polar surface area (TPSA) is 68.4 Å². The van der Waals surface area contributed by atoms with Gasteiger partial charge in [0.2, 0.25) is 0 Å². The first kappa shape index (κ1) is 14.1. The average Bonchev–Trinajstić information content (AvgIpc) is 2.93. The van der Waals surface area contributed by atoms with Crippen LogP contribution in [-0.4, -0.2) is 15.2 Å². The van der Waals surface area contributed by atoms with Crippen molar-refractivity contribution in [2.24, 2.45) is 0 Å². The number of hydrogen-bond acceptors (Lipinski definition) is 5. The molecule has 1 aromatic heterocycles. The van der Waals surface area contributed by atoms with E-state index in [2.05, 4.69) is 17.1 Å². The summed E-state index contributed by atoms with van der Waals surface area (Å²) in [5.41, 5.74) is 2.19. The summed E-state index contributed by atoms with van der Waals surface area (Å²) in [5.74, 6) is 2.00. The third kappa shape index (κ3) is 3.24. The second-order valence-electron chi connectivity index (χ2n) is 5.41. The van der Waals surface area contributed by atoms with Gasteiger partial charge < -0.3 is 14.4 Å². The summed E-state index contributed by atoms with van der Waals surface area (Å²) >= 11 is 0. The van der Waals surface area contributed by atoms with E-state index in [0.29, 0.717) is 5.89 Å². The van der Waals surface area contributed by atoms with Crippen LogP contribution in [0.15, 0.2) is 22.7 Å². The van der Waals surface area contributed by atoms with E-state index in [9.17, 15) is 5.11 Å². The second-order valence-corrected chi connectivity index (χ2v) is 5.41. The largest absolute Gasteiger partial charge is 0.484 e. The van der Waals surface area contributed by atoms with Crippen LogP contribution in [0, 0.1) is 0 Å². The first-order chi connectivity index (χ1) is 10.3. The number of nitrogens with zero attached hydrogens (tertiary/aromatic N) is 2. The number of aliphatic hydroxyl groups is 1. The summed E-state index contributed by atoms with van der Waals surface area (Å²) in [6.45, 7) is 2.35. The highest BCUT2D eigenvalue weighted by atomic mass is 16.5. The summed E-state index contributed by atoms with van der Waals surface area (Å²) in [4.78, 5) is 4.27. The Labute approximate surface area is 123 Å². The predicted octanol–water partition coefficient (Wildman–Crippen LogP) is 2.97. The minimum absolute atomic E-state index is 0.276. The summed E-state index contributed by atoms with van der Waals surface area (Å²) in [6.07, 6.45) is 4.32. The molecule has 1 N–H and O–H groups in total. The van der Waals surface area contributed by atoms with Gasteiger partial charge in [-0.05, 0) is 48.9 Å². The van der Waals surface area contributed by atoms with Crippen molar-refractivity contribution in [1.29, 1.82) is 0 Å². The third-order valence-corrected chi connectivity index (χ3v) is 3.74. The number of aromatic nitrogens is 2. The number of aliphatic hydroxyl groups excluding tert-OH is 1. The molecule has 0 radical (unpaired) electrons. The van der Waals surface area contributed by atoms with E-state index in [1.807, 2.05) is 18.2 Å². The van der Waals surface area contributed by atoms with E-state index in [-0.39, 0.29) is 12.7 Å². The molecule has 0 spiro atoms. The standard InChI is InChI=1S/C16H20N2O3/c1-2-4-15-17-16(21-18-15)10-20-12-7-8-13-11(9-12)5-3-6-14(13)19/h7-9,14,19H,2-6,10H2,1H3. The van der Waals surface area contributed by atoms with Gasteiger partial charge in [0.05, 0.1) is 6.10 Å². The highest BCUT2D eigenvalue weighted by Gasteiger charge is 2.18. The van der Waals surface area contributed by atoms with E-state index in [1.54, 1.807) is 0 Å². The maximum atomic E-state index is 9.94. The number of hydrogen-bond donors (Lipinski definition) is 1. The van der Waals surface area contributed by atoms with Crippen LogP contribution in [-0.2, 0) is 19.4 Å². The van der Waals surface area contributed by atoms with Gasteiger partial charge in [-0.2, -0.15) is 4.98 Å². The molecule has 1 aromatic carbocycles. The summed E-state index contributed by atoms with van der Waals surface area (Å²) in [7, 11) is 0. The van der Waals surface area contributed by atoms with E-state index >= 15 is 0 Å². The lowest BCUT2D eigenvalue weighted by Gasteiger charge is -2.21. The Morgan fingerprint density at radius 2 is 2.33 bits per heavy atom. The molecule has 112 valence electrons. The van der Waals surface area contributed by atoms with E-state index in [0.717, 1.165) is 49.2 Å². The SMILES string of the molecule is CCCc1noc(COc2ccc3c(c2)CCCC3O)n1. The number of rotatable bonds is 5. The Hall–Kier alpha value is -1.88. The van der Waals surface area contributed by atoms with Crippen molar-refractivity contribution in [3.05, 3.63) is 41.0 Å². The zero-order chi connectivity index (χ0) is 14.7. The van der Waals surface area contributed by atoms with Gasteiger partial charge in [0, 0.05) is 6.42 Å². The fourth-order valence-electron chi connectivity index (χ4n) is 2.67. The van der Waals surface area contributed by atoms with Crippen LogP contribution in [0.5, 0.6) is 5.75 Å². The maximum Gasteiger partial charge on any atom is 0.264 e. The predicted molar refractivity (Wildman–Crippen MR) is 77.0 cm³/mol. The molecule has 21 heavy (non-hydrogen) atoms. The smallest absolute Gasteiger partial charge is 0.264 e. The van der Waals surface area contributed by atoms with Gasteiger partial charge in [0.1, 0.15) is 5.75 Å². The Balaban J connectivity index is 1.65.